The van der Waals surface area contributed by atoms with Gasteiger partial charge in [-0.25, -0.2) is 4.79 Å². The molecule has 0 spiro atoms. The third-order valence-electron chi connectivity index (χ3n) is 4.02. The minimum atomic E-state index is -4.60. The van der Waals surface area contributed by atoms with Gasteiger partial charge in [-0.2, -0.15) is 26.3 Å². The van der Waals surface area contributed by atoms with E-state index in [2.05, 4.69) is 19.7 Å². The lowest BCUT2D eigenvalue weighted by molar-refractivity contribution is -0.139. The van der Waals surface area contributed by atoms with E-state index in [1.165, 1.54) is 24.3 Å². The zero-order chi connectivity index (χ0) is 23.5. The van der Waals surface area contributed by atoms with Gasteiger partial charge in [0.2, 0.25) is 5.70 Å². The van der Waals surface area contributed by atoms with Crippen LogP contribution in [0.5, 0.6) is 0 Å². The van der Waals surface area contributed by atoms with Crippen molar-refractivity contribution < 1.29 is 35.9 Å². The number of alkyl halides is 6. The lowest BCUT2D eigenvalue weighted by Crippen LogP contribution is -2.13. The summed E-state index contributed by atoms with van der Waals surface area (Å²) in [6, 6.07) is 8.48. The van der Waals surface area contributed by atoms with Gasteiger partial charge in [0.15, 0.2) is 0 Å². The molecule has 2 N–H and O–H groups in total. The van der Waals surface area contributed by atoms with Crippen molar-refractivity contribution in [3.05, 3.63) is 70.4 Å². The summed E-state index contributed by atoms with van der Waals surface area (Å²) in [4.78, 5) is 12.2. The summed E-state index contributed by atoms with van der Waals surface area (Å²) in [5.74, 6) is -0.874. The Hall–Kier alpha value is -3.22. The number of carbonyl (C=O) groups is 1. The van der Waals surface area contributed by atoms with Crippen LogP contribution < -0.4 is 10.0 Å². The fraction of sp³-hybridized carbons (Fsp3) is 0.211. The Balaban J connectivity index is 1.93. The van der Waals surface area contributed by atoms with Crippen molar-refractivity contribution in [3.63, 3.8) is 0 Å². The summed E-state index contributed by atoms with van der Waals surface area (Å²) in [6.07, 6.45) is -9.17. The lowest BCUT2D eigenvalue weighted by atomic mass is 10.2. The SMILES string of the molecule is CCOC(=O)C1=C(Nc2cccc(C(F)(F)F)c2)[SH](Nc2cccc(C(F)(F)F)c2)N=N1. The standard InChI is InChI=1S/C19H16F6N4O2S/c1-2-31-17(30)15-16(26-13-7-3-5-11(9-13)18(20,21)22)32(29-27-15)28-14-8-4-6-12(10-14)19(23,24)25/h3-10,26,28,32H,2H2,1H3. The smallest absolute Gasteiger partial charge is 0.416 e. The van der Waals surface area contributed by atoms with Crippen LogP contribution in [-0.4, -0.2) is 12.6 Å². The summed E-state index contributed by atoms with van der Waals surface area (Å²) in [6.45, 7) is 1.56. The third kappa shape index (κ3) is 5.52. The summed E-state index contributed by atoms with van der Waals surface area (Å²) >= 11 is -1.95. The first-order valence-corrected chi connectivity index (χ1v) is 10.3. The number of anilines is 2. The van der Waals surface area contributed by atoms with Crippen LogP contribution in [0.3, 0.4) is 0 Å². The van der Waals surface area contributed by atoms with E-state index in [4.69, 9.17) is 4.74 Å². The normalized spacial score (nSPS) is 17.4. The van der Waals surface area contributed by atoms with Gasteiger partial charge in [-0.1, -0.05) is 12.1 Å². The zero-order valence-electron chi connectivity index (χ0n) is 16.3. The van der Waals surface area contributed by atoms with Crippen LogP contribution in [0.4, 0.5) is 37.7 Å². The number of esters is 1. The predicted octanol–water partition coefficient (Wildman–Crippen LogP) is 6.28. The van der Waals surface area contributed by atoms with Gasteiger partial charge in [0, 0.05) is 11.4 Å². The Morgan fingerprint density at radius 3 is 2.09 bits per heavy atom. The first kappa shape index (κ1) is 23.4. The van der Waals surface area contributed by atoms with Crippen molar-refractivity contribution in [3.8, 4) is 0 Å². The second kappa shape index (κ2) is 9.10. The third-order valence-corrected chi connectivity index (χ3v) is 5.50. The molecule has 0 bridgehead atoms. The van der Waals surface area contributed by atoms with E-state index in [9.17, 15) is 31.1 Å². The first-order chi connectivity index (χ1) is 15.0. The van der Waals surface area contributed by atoms with Crippen LogP contribution in [0.25, 0.3) is 0 Å². The summed E-state index contributed by atoms with van der Waals surface area (Å²) in [5, 5.41) is 6.43. The largest absolute Gasteiger partial charge is 0.461 e. The second-order valence-electron chi connectivity index (χ2n) is 6.31. The molecule has 0 radical (unpaired) electrons. The Morgan fingerprint density at radius 2 is 1.53 bits per heavy atom. The monoisotopic (exact) mass is 478 g/mol. The molecule has 0 aromatic heterocycles. The van der Waals surface area contributed by atoms with Gasteiger partial charge < -0.3 is 14.8 Å². The van der Waals surface area contributed by atoms with Crippen molar-refractivity contribution in [2.75, 3.05) is 16.6 Å². The summed E-state index contributed by atoms with van der Waals surface area (Å²) < 4.78 is 89.6. The number of hydrogen-bond donors (Lipinski definition) is 3. The predicted molar refractivity (Wildman–Crippen MR) is 108 cm³/mol. The van der Waals surface area contributed by atoms with E-state index in [1.807, 2.05) is 0 Å². The Labute approximate surface area is 181 Å². The van der Waals surface area contributed by atoms with Crippen molar-refractivity contribution in [1.29, 1.82) is 0 Å². The number of benzene rings is 2. The topological polar surface area (TPSA) is 75.1 Å². The summed E-state index contributed by atoms with van der Waals surface area (Å²) in [5.41, 5.74) is -2.09. The number of ether oxygens (including phenoxy) is 1. The molecule has 172 valence electrons. The fourth-order valence-electron chi connectivity index (χ4n) is 2.61. The average Bonchev–Trinajstić information content (AvgIpc) is 3.09. The highest BCUT2D eigenvalue weighted by molar-refractivity contribution is 8.20. The first-order valence-electron chi connectivity index (χ1n) is 9.00. The molecule has 2 aromatic carbocycles. The molecule has 1 aliphatic heterocycles. The molecule has 3 rings (SSSR count). The molecule has 1 heterocycles. The molecule has 6 nitrogen and oxygen atoms in total. The fourth-order valence-corrected chi connectivity index (χ4v) is 3.99. The number of thiol groups is 1. The van der Waals surface area contributed by atoms with Crippen LogP contribution in [-0.2, 0) is 21.9 Å². The quantitative estimate of drug-likeness (QED) is 0.260. The lowest BCUT2D eigenvalue weighted by Gasteiger charge is -2.21. The summed E-state index contributed by atoms with van der Waals surface area (Å²) in [7, 11) is 0. The number of nitrogens with zero attached hydrogens (tertiary/aromatic N) is 2. The zero-order valence-corrected chi connectivity index (χ0v) is 17.1. The van der Waals surface area contributed by atoms with Gasteiger partial charge in [0.05, 0.1) is 17.7 Å². The molecule has 13 heteroatoms. The second-order valence-corrected chi connectivity index (χ2v) is 7.79. The highest BCUT2D eigenvalue weighted by Gasteiger charge is 2.33. The number of carbonyl (C=O) groups excluding carboxylic acids is 1. The molecular weight excluding hydrogens is 462 g/mol. The molecule has 0 fully saturated rings. The van der Waals surface area contributed by atoms with Crippen LogP contribution in [0, 0.1) is 0 Å². The molecule has 0 saturated carbocycles. The van der Waals surface area contributed by atoms with Gasteiger partial charge in [0.25, 0.3) is 0 Å². The molecule has 0 saturated heterocycles. The maximum absolute atomic E-state index is 13.0. The van der Waals surface area contributed by atoms with Crippen molar-refractivity contribution in [2.24, 2.45) is 9.63 Å². The number of nitrogens with one attached hydrogen (secondary N) is 2. The molecule has 0 amide bonds. The highest BCUT2D eigenvalue weighted by Crippen LogP contribution is 2.46. The molecule has 2 aromatic rings. The minimum Gasteiger partial charge on any atom is -0.461 e. The van der Waals surface area contributed by atoms with Crippen molar-refractivity contribution in [1.82, 2.24) is 0 Å². The highest BCUT2D eigenvalue weighted by atomic mass is 32.2. The Morgan fingerprint density at radius 1 is 0.969 bits per heavy atom. The van der Waals surface area contributed by atoms with Gasteiger partial charge in [-0.05, 0) is 54.6 Å². The maximum atomic E-state index is 13.0. The van der Waals surface area contributed by atoms with Gasteiger partial charge in [-0.3, -0.25) is 0 Å². The van der Waals surface area contributed by atoms with Gasteiger partial charge in [-0.15, -0.1) is 9.63 Å². The minimum absolute atomic E-state index is 0.00446. The average molecular weight is 478 g/mol. The van der Waals surface area contributed by atoms with Gasteiger partial charge in [0.1, 0.15) is 5.03 Å². The van der Waals surface area contributed by atoms with E-state index >= 15 is 0 Å². The molecule has 1 atom stereocenters. The van der Waals surface area contributed by atoms with Crippen molar-refractivity contribution >= 4 is 28.6 Å². The van der Waals surface area contributed by atoms with E-state index in [0.717, 1.165) is 24.3 Å². The van der Waals surface area contributed by atoms with Crippen LogP contribution in [0.1, 0.15) is 18.1 Å². The van der Waals surface area contributed by atoms with Crippen molar-refractivity contribution in [2.45, 2.75) is 19.3 Å². The van der Waals surface area contributed by atoms with E-state index in [0.29, 0.717) is 0 Å². The Kier molecular flexibility index (Phi) is 6.67. The molecule has 0 aliphatic carbocycles. The molecule has 1 aliphatic rings. The van der Waals surface area contributed by atoms with E-state index < -0.39 is 40.7 Å². The van der Waals surface area contributed by atoms with Gasteiger partial charge >= 0.3 is 18.3 Å². The van der Waals surface area contributed by atoms with Crippen LogP contribution in [0.15, 0.2) is 68.9 Å². The van der Waals surface area contributed by atoms with E-state index in [1.54, 1.807) is 6.92 Å². The number of rotatable bonds is 6. The van der Waals surface area contributed by atoms with Crippen LogP contribution >= 0.6 is 11.3 Å². The maximum Gasteiger partial charge on any atom is 0.416 e. The number of hydrogen-bond acceptors (Lipinski definition) is 6. The number of halogens is 6. The molecule has 32 heavy (non-hydrogen) atoms. The Bertz CT molecular complexity index is 1070. The van der Waals surface area contributed by atoms with E-state index in [-0.39, 0.29) is 28.7 Å². The van der Waals surface area contributed by atoms with Crippen LogP contribution in [0.2, 0.25) is 0 Å². The molecular formula is C19H16F6N4O2S. The molecule has 1 unspecified atom stereocenters.